The number of hydrogen-bond acceptors (Lipinski definition) is 3. The smallest absolute Gasteiger partial charge is 0.383 e. The summed E-state index contributed by atoms with van der Waals surface area (Å²) in [6.07, 6.45) is 0.260. The molecule has 1 unspecified atom stereocenters. The molecule has 0 bridgehead atoms. The normalized spacial score (nSPS) is 13.7. The fourth-order valence-electron chi connectivity index (χ4n) is 1.73. The van der Waals surface area contributed by atoms with Crippen molar-refractivity contribution < 1.29 is 13.6 Å². The molecule has 106 valence electrons. The monoisotopic (exact) mass is 354 g/mol. The Bertz CT molecular complexity index is 514. The molecule has 2 aromatic rings. The summed E-state index contributed by atoms with van der Waals surface area (Å²) in [6.45, 7) is 0.344. The largest absolute Gasteiger partial charge is 0.424 e. The van der Waals surface area contributed by atoms with Gasteiger partial charge in [0.15, 0.2) is 0 Å². The first-order valence-electron chi connectivity index (χ1n) is 6.30. The van der Waals surface area contributed by atoms with Crippen molar-refractivity contribution in [2.75, 3.05) is 11.9 Å². The second kappa shape index (κ2) is 7.63. The minimum atomic E-state index is -3.21. The lowest BCUT2D eigenvalue weighted by atomic mass is 10.2. The van der Waals surface area contributed by atoms with Gasteiger partial charge in [0.25, 0.3) is 0 Å². The molecule has 0 saturated heterocycles. The van der Waals surface area contributed by atoms with E-state index in [-0.39, 0.29) is 6.16 Å². The average Bonchev–Trinajstić information content (AvgIpc) is 2.47. The van der Waals surface area contributed by atoms with Gasteiger partial charge in [-0.25, -0.2) is 4.57 Å². The van der Waals surface area contributed by atoms with Gasteiger partial charge in [-0.3, -0.25) is 4.52 Å². The summed E-state index contributed by atoms with van der Waals surface area (Å²) in [7, 11) is -3.21. The van der Waals surface area contributed by atoms with Crippen LogP contribution in [-0.4, -0.2) is 11.9 Å². The van der Waals surface area contributed by atoms with Gasteiger partial charge < -0.3 is 4.52 Å². The SMILES string of the molecule is O=P(Cc1ccccc1)(OCCBr)Oc1ccccc1. The van der Waals surface area contributed by atoms with E-state index in [1.165, 1.54) is 0 Å². The molecular weight excluding hydrogens is 339 g/mol. The summed E-state index contributed by atoms with van der Waals surface area (Å²) in [4.78, 5) is 0. The van der Waals surface area contributed by atoms with Crippen LogP contribution >= 0.6 is 23.5 Å². The lowest BCUT2D eigenvalue weighted by molar-refractivity contribution is 0.281. The number of benzene rings is 2. The van der Waals surface area contributed by atoms with E-state index in [9.17, 15) is 4.57 Å². The van der Waals surface area contributed by atoms with Gasteiger partial charge in [0, 0.05) is 5.33 Å². The molecule has 0 saturated carbocycles. The summed E-state index contributed by atoms with van der Waals surface area (Å²) in [5.41, 5.74) is 0.932. The van der Waals surface area contributed by atoms with E-state index < -0.39 is 7.60 Å². The third-order valence-corrected chi connectivity index (χ3v) is 4.71. The van der Waals surface area contributed by atoms with E-state index in [1.807, 2.05) is 48.5 Å². The van der Waals surface area contributed by atoms with Crippen molar-refractivity contribution in [3.63, 3.8) is 0 Å². The third kappa shape index (κ3) is 4.78. The molecule has 2 rings (SSSR count). The van der Waals surface area contributed by atoms with Crippen molar-refractivity contribution >= 4 is 23.5 Å². The van der Waals surface area contributed by atoms with Crippen molar-refractivity contribution in [3.05, 3.63) is 66.2 Å². The molecule has 3 nitrogen and oxygen atoms in total. The number of para-hydroxylation sites is 1. The molecule has 20 heavy (non-hydrogen) atoms. The summed E-state index contributed by atoms with van der Waals surface area (Å²) >= 11 is 3.27. The first-order chi connectivity index (χ1) is 9.72. The van der Waals surface area contributed by atoms with E-state index >= 15 is 0 Å². The standard InChI is InChI=1S/C15H16BrO3P/c16-11-12-18-20(17,13-14-7-3-1-4-8-14)19-15-9-5-2-6-10-15/h1-10H,11-13H2. The quantitative estimate of drug-likeness (QED) is 0.525. The molecule has 0 spiro atoms. The Labute approximate surface area is 127 Å². The zero-order chi connectivity index (χ0) is 14.3. The molecule has 1 atom stereocenters. The number of rotatable bonds is 7. The van der Waals surface area contributed by atoms with Gasteiger partial charge >= 0.3 is 7.60 Å². The van der Waals surface area contributed by atoms with Gasteiger partial charge in [-0.05, 0) is 17.7 Å². The van der Waals surface area contributed by atoms with Crippen LogP contribution in [0.5, 0.6) is 5.75 Å². The van der Waals surface area contributed by atoms with Crippen molar-refractivity contribution in [2.24, 2.45) is 0 Å². The van der Waals surface area contributed by atoms with Gasteiger partial charge in [0.1, 0.15) is 5.75 Å². The Balaban J connectivity index is 2.15. The molecule has 5 heteroatoms. The van der Waals surface area contributed by atoms with E-state index in [0.717, 1.165) is 5.56 Å². The lowest BCUT2D eigenvalue weighted by Gasteiger charge is -2.19. The van der Waals surface area contributed by atoms with E-state index in [4.69, 9.17) is 9.05 Å². The van der Waals surface area contributed by atoms with Crippen LogP contribution in [0.3, 0.4) is 0 Å². The lowest BCUT2D eigenvalue weighted by Crippen LogP contribution is -2.03. The summed E-state index contributed by atoms with van der Waals surface area (Å²) in [5.74, 6) is 0.557. The minimum Gasteiger partial charge on any atom is -0.424 e. The fourth-order valence-corrected chi connectivity index (χ4v) is 3.82. The maximum atomic E-state index is 12.8. The first kappa shape index (κ1) is 15.3. The highest BCUT2D eigenvalue weighted by Gasteiger charge is 2.26. The van der Waals surface area contributed by atoms with Gasteiger partial charge in [0.2, 0.25) is 0 Å². The Kier molecular flexibility index (Phi) is 5.84. The van der Waals surface area contributed by atoms with Crippen LogP contribution in [0.4, 0.5) is 0 Å². The number of alkyl halides is 1. The molecule has 0 aliphatic rings. The van der Waals surface area contributed by atoms with Gasteiger partial charge in [-0.2, -0.15) is 0 Å². The van der Waals surface area contributed by atoms with Crippen molar-refractivity contribution in [2.45, 2.75) is 6.16 Å². The fraction of sp³-hybridized carbons (Fsp3) is 0.200. The Morgan fingerprint density at radius 2 is 1.55 bits per heavy atom. The molecule has 0 heterocycles. The second-order valence-corrected chi connectivity index (χ2v) is 6.95. The van der Waals surface area contributed by atoms with Gasteiger partial charge in [0.05, 0.1) is 12.8 Å². The summed E-state index contributed by atoms with van der Waals surface area (Å²) in [5, 5.41) is 0.615. The topological polar surface area (TPSA) is 35.5 Å². The highest BCUT2D eigenvalue weighted by molar-refractivity contribution is 9.09. The zero-order valence-electron chi connectivity index (χ0n) is 10.9. The van der Waals surface area contributed by atoms with Gasteiger partial charge in [-0.1, -0.05) is 64.5 Å². The molecule has 0 amide bonds. The maximum Gasteiger partial charge on any atom is 0.383 e. The van der Waals surface area contributed by atoms with Crippen molar-refractivity contribution in [3.8, 4) is 5.75 Å². The predicted octanol–water partition coefficient (Wildman–Crippen LogP) is 4.87. The Morgan fingerprint density at radius 3 is 2.15 bits per heavy atom. The third-order valence-electron chi connectivity index (χ3n) is 2.57. The van der Waals surface area contributed by atoms with Gasteiger partial charge in [-0.15, -0.1) is 0 Å². The molecule has 0 fully saturated rings. The van der Waals surface area contributed by atoms with Crippen LogP contribution in [-0.2, 0) is 15.3 Å². The molecule has 0 aliphatic heterocycles. The van der Waals surface area contributed by atoms with Crippen LogP contribution in [0.25, 0.3) is 0 Å². The predicted molar refractivity (Wildman–Crippen MR) is 84.6 cm³/mol. The highest BCUT2D eigenvalue weighted by Crippen LogP contribution is 2.51. The maximum absolute atomic E-state index is 12.8. The van der Waals surface area contributed by atoms with Crippen molar-refractivity contribution in [1.29, 1.82) is 0 Å². The van der Waals surface area contributed by atoms with E-state index in [1.54, 1.807) is 12.1 Å². The number of halogens is 1. The zero-order valence-corrected chi connectivity index (χ0v) is 13.4. The van der Waals surface area contributed by atoms with Crippen LogP contribution in [0.2, 0.25) is 0 Å². The summed E-state index contributed by atoms with van der Waals surface area (Å²) < 4.78 is 23.9. The van der Waals surface area contributed by atoms with Crippen LogP contribution < -0.4 is 4.52 Å². The molecule has 0 radical (unpaired) electrons. The van der Waals surface area contributed by atoms with Crippen LogP contribution in [0.1, 0.15) is 5.56 Å². The minimum absolute atomic E-state index is 0.260. The molecule has 0 aliphatic carbocycles. The van der Waals surface area contributed by atoms with E-state index in [0.29, 0.717) is 17.7 Å². The van der Waals surface area contributed by atoms with E-state index in [2.05, 4.69) is 15.9 Å². The summed E-state index contributed by atoms with van der Waals surface area (Å²) in [6, 6.07) is 18.7. The average molecular weight is 355 g/mol. The molecular formula is C15H16BrO3P. The molecule has 0 N–H and O–H groups in total. The Hall–Kier alpha value is -1.09. The number of hydrogen-bond donors (Lipinski definition) is 0. The van der Waals surface area contributed by atoms with Crippen molar-refractivity contribution in [1.82, 2.24) is 0 Å². The van der Waals surface area contributed by atoms with Crippen LogP contribution in [0.15, 0.2) is 60.7 Å². The first-order valence-corrected chi connectivity index (χ1v) is 9.15. The highest BCUT2D eigenvalue weighted by atomic mass is 79.9. The Morgan fingerprint density at radius 1 is 0.950 bits per heavy atom. The van der Waals surface area contributed by atoms with Crippen LogP contribution in [0, 0.1) is 0 Å². The second-order valence-electron chi connectivity index (χ2n) is 4.18. The molecule has 2 aromatic carbocycles. The molecule has 0 aromatic heterocycles.